The summed E-state index contributed by atoms with van der Waals surface area (Å²) in [4.78, 5) is 14.0. The molecule has 0 heterocycles. The van der Waals surface area contributed by atoms with Crippen molar-refractivity contribution < 1.29 is 14.3 Å². The molecule has 0 amide bonds. The van der Waals surface area contributed by atoms with Crippen molar-refractivity contribution in [2.75, 3.05) is 13.2 Å². The van der Waals surface area contributed by atoms with Crippen molar-refractivity contribution in [2.45, 2.75) is 225 Å². The lowest BCUT2D eigenvalue weighted by Crippen LogP contribution is -2.60. The molecule has 47 heavy (non-hydrogen) atoms. The van der Waals surface area contributed by atoms with Crippen LogP contribution in [0.4, 0.5) is 0 Å². The van der Waals surface area contributed by atoms with E-state index in [9.17, 15) is 4.79 Å². The van der Waals surface area contributed by atoms with E-state index >= 15 is 0 Å². The van der Waals surface area contributed by atoms with Gasteiger partial charge in [-0.05, 0) is 146 Å². The molecule has 0 radical (unpaired) electrons. The van der Waals surface area contributed by atoms with Crippen LogP contribution in [0.3, 0.4) is 0 Å². The van der Waals surface area contributed by atoms with Gasteiger partial charge < -0.3 is 9.47 Å². The van der Waals surface area contributed by atoms with Gasteiger partial charge in [-0.1, -0.05) is 90.9 Å². The minimum atomic E-state index is 0.0884. The van der Waals surface area contributed by atoms with Crippen LogP contribution in [0, 0.1) is 34.5 Å². The van der Waals surface area contributed by atoms with Crippen LogP contribution >= 0.6 is 0 Å². The van der Waals surface area contributed by atoms with Gasteiger partial charge in [0.05, 0.1) is 12.2 Å². The highest BCUT2D eigenvalue weighted by Gasteiger charge is 2.63. The summed E-state index contributed by atoms with van der Waals surface area (Å²) >= 11 is 0. The van der Waals surface area contributed by atoms with E-state index < -0.39 is 0 Å². The van der Waals surface area contributed by atoms with Crippen LogP contribution in [0.2, 0.25) is 0 Å². The van der Waals surface area contributed by atoms with Crippen LogP contribution in [0.15, 0.2) is 0 Å². The zero-order chi connectivity index (χ0) is 32.8. The highest BCUT2D eigenvalue weighted by Crippen LogP contribution is 2.65. The second-order valence-corrected chi connectivity index (χ2v) is 17.8. The molecule has 5 fully saturated rings. The maximum atomic E-state index is 14.0. The minimum absolute atomic E-state index is 0.0884. The van der Waals surface area contributed by atoms with E-state index in [0.717, 1.165) is 42.7 Å². The maximum absolute atomic E-state index is 14.0. The Kier molecular flexibility index (Phi) is 16.0. The Morgan fingerprint density at radius 2 is 0.766 bits per heavy atom. The van der Waals surface area contributed by atoms with E-state index in [1.165, 1.54) is 199 Å². The lowest BCUT2D eigenvalue weighted by Gasteiger charge is -2.60. The summed E-state index contributed by atoms with van der Waals surface area (Å²) < 4.78 is 12.6. The maximum Gasteiger partial charge on any atom is 0.145 e. The molecule has 0 atom stereocenters. The summed E-state index contributed by atoms with van der Waals surface area (Å²) in [5, 5.41) is 0. The van der Waals surface area contributed by atoms with E-state index in [4.69, 9.17) is 9.47 Å². The lowest BCUT2D eigenvalue weighted by atomic mass is 9.42. The number of rotatable bonds is 20. The van der Waals surface area contributed by atoms with Gasteiger partial charge in [0.15, 0.2) is 0 Å². The summed E-state index contributed by atoms with van der Waals surface area (Å²) in [6.07, 6.45) is 42.1. The SMILES string of the molecule is CCCCCCCCCOC1CCC(C2CC[C@]3(CC2)C[C@@]2(CC[C@H](C4CCC(OCCCCCCCCC)CC4)CC2)C3=O)CC1. The molecule has 5 aliphatic carbocycles. The van der Waals surface area contributed by atoms with Gasteiger partial charge >= 0.3 is 0 Å². The van der Waals surface area contributed by atoms with Gasteiger partial charge in [-0.25, -0.2) is 0 Å². The molecule has 0 unspecified atom stereocenters. The van der Waals surface area contributed by atoms with Crippen LogP contribution in [-0.2, 0) is 14.3 Å². The lowest BCUT2D eigenvalue weighted by molar-refractivity contribution is -0.170. The highest BCUT2D eigenvalue weighted by atomic mass is 16.5. The van der Waals surface area contributed by atoms with Crippen molar-refractivity contribution in [3.05, 3.63) is 0 Å². The topological polar surface area (TPSA) is 35.5 Å². The Labute approximate surface area is 292 Å². The Balaban J connectivity index is 0.903. The average Bonchev–Trinajstić information content (AvgIpc) is 3.11. The molecular weight excluding hydrogens is 576 g/mol. The fraction of sp³-hybridized carbons (Fsp3) is 0.977. The van der Waals surface area contributed by atoms with Crippen LogP contribution < -0.4 is 0 Å². The van der Waals surface area contributed by atoms with Crippen molar-refractivity contribution in [3.8, 4) is 0 Å². The zero-order valence-electron chi connectivity index (χ0n) is 31.5. The average molecular weight is 655 g/mol. The molecule has 2 spiro atoms. The van der Waals surface area contributed by atoms with Gasteiger partial charge in [0.25, 0.3) is 0 Å². The number of hydrogen-bond acceptors (Lipinski definition) is 3. The van der Waals surface area contributed by atoms with E-state index in [2.05, 4.69) is 13.8 Å². The molecule has 0 aromatic heterocycles. The van der Waals surface area contributed by atoms with Crippen molar-refractivity contribution in [1.82, 2.24) is 0 Å². The Hall–Kier alpha value is -0.410. The smallest absolute Gasteiger partial charge is 0.145 e. The molecule has 5 saturated carbocycles. The molecule has 0 aromatic carbocycles. The Bertz CT molecular complexity index is 781. The first-order chi connectivity index (χ1) is 23.1. The van der Waals surface area contributed by atoms with Crippen LogP contribution in [0.25, 0.3) is 0 Å². The molecule has 0 N–H and O–H groups in total. The largest absolute Gasteiger partial charge is 0.378 e. The van der Waals surface area contributed by atoms with Crippen molar-refractivity contribution in [3.63, 3.8) is 0 Å². The highest BCUT2D eigenvalue weighted by molar-refractivity contribution is 5.96. The standard InChI is InChI=1S/C44H78O3/c1-3-5-7-9-11-13-15-33-46-40-21-17-36(18-22-40)38-25-29-43(30-26-38)35-44(42(43)45)31-27-39(28-32-44)37-19-23-41(24-20-37)47-34-16-14-12-10-8-6-4-2/h36-41H,3-35H2,1-2H3/t36?,37?,38-,39?,40?,41?,43-,44-. The quantitative estimate of drug-likeness (QED) is 0.123. The monoisotopic (exact) mass is 655 g/mol. The van der Waals surface area contributed by atoms with Crippen LogP contribution in [-0.4, -0.2) is 31.2 Å². The molecule has 3 heteroatoms. The molecular formula is C44H78O3. The predicted octanol–water partition coefficient (Wildman–Crippen LogP) is 13.0. The number of carbonyl (C=O) groups is 1. The third-order valence-corrected chi connectivity index (χ3v) is 14.6. The van der Waals surface area contributed by atoms with Crippen molar-refractivity contribution in [1.29, 1.82) is 0 Å². The van der Waals surface area contributed by atoms with E-state index in [0.29, 0.717) is 12.2 Å². The number of ether oxygens (including phenoxy) is 2. The molecule has 0 bridgehead atoms. The molecule has 5 aliphatic rings. The third-order valence-electron chi connectivity index (χ3n) is 14.6. The molecule has 5 rings (SSSR count). The minimum Gasteiger partial charge on any atom is -0.378 e. The summed E-state index contributed by atoms with van der Waals surface area (Å²) in [5.41, 5.74) is 0.177. The first-order valence-electron chi connectivity index (χ1n) is 21.9. The van der Waals surface area contributed by atoms with Crippen molar-refractivity contribution >= 4 is 5.78 Å². The second-order valence-electron chi connectivity index (χ2n) is 17.8. The Morgan fingerprint density at radius 3 is 1.11 bits per heavy atom. The van der Waals surface area contributed by atoms with E-state index in [1.807, 2.05) is 0 Å². The number of ketones is 1. The predicted molar refractivity (Wildman–Crippen MR) is 198 cm³/mol. The number of Topliss-reactive ketones (excluding diaryl/α,β-unsaturated/α-hetero) is 1. The van der Waals surface area contributed by atoms with Gasteiger partial charge in [0.2, 0.25) is 0 Å². The normalized spacial score (nSPS) is 36.2. The van der Waals surface area contributed by atoms with Gasteiger partial charge in [-0.2, -0.15) is 0 Å². The molecule has 272 valence electrons. The van der Waals surface area contributed by atoms with Gasteiger partial charge in [-0.15, -0.1) is 0 Å². The van der Waals surface area contributed by atoms with Gasteiger partial charge in [0.1, 0.15) is 5.78 Å². The van der Waals surface area contributed by atoms with E-state index in [1.54, 1.807) is 0 Å². The van der Waals surface area contributed by atoms with Crippen LogP contribution in [0.5, 0.6) is 0 Å². The zero-order valence-corrected chi connectivity index (χ0v) is 31.5. The first kappa shape index (κ1) is 37.8. The van der Waals surface area contributed by atoms with E-state index in [-0.39, 0.29) is 10.8 Å². The number of unbranched alkanes of at least 4 members (excludes halogenated alkanes) is 12. The molecule has 0 aliphatic heterocycles. The van der Waals surface area contributed by atoms with Gasteiger partial charge in [0, 0.05) is 24.0 Å². The van der Waals surface area contributed by atoms with Crippen LogP contribution in [0.1, 0.15) is 213 Å². The molecule has 0 saturated heterocycles. The summed E-state index contributed by atoms with van der Waals surface area (Å²) in [6, 6.07) is 0. The summed E-state index contributed by atoms with van der Waals surface area (Å²) in [5.74, 6) is 4.27. The second kappa shape index (κ2) is 19.8. The number of carbonyl (C=O) groups excluding carboxylic acids is 1. The molecule has 3 nitrogen and oxygen atoms in total. The molecule has 0 aromatic rings. The van der Waals surface area contributed by atoms with Gasteiger partial charge in [-0.3, -0.25) is 4.79 Å². The summed E-state index contributed by atoms with van der Waals surface area (Å²) in [6.45, 7) is 6.55. The first-order valence-corrected chi connectivity index (χ1v) is 21.9. The Morgan fingerprint density at radius 1 is 0.447 bits per heavy atom. The van der Waals surface area contributed by atoms with Crippen molar-refractivity contribution in [2.24, 2.45) is 34.5 Å². The summed E-state index contributed by atoms with van der Waals surface area (Å²) in [7, 11) is 0. The number of hydrogen-bond donors (Lipinski definition) is 0. The third kappa shape index (κ3) is 10.8. The fourth-order valence-electron chi connectivity index (χ4n) is 11.5. The fourth-order valence-corrected chi connectivity index (χ4v) is 11.5.